The lowest BCUT2D eigenvalue weighted by atomic mass is 10.2. The molecule has 1 aliphatic rings. The summed E-state index contributed by atoms with van der Waals surface area (Å²) in [4.78, 5) is 17.3. The van der Waals surface area contributed by atoms with E-state index in [1.54, 1.807) is 24.5 Å². The number of carbonyl (C=O) groups excluding carboxylic acids is 1. The first-order chi connectivity index (χ1) is 13.7. The van der Waals surface area contributed by atoms with E-state index in [1.165, 1.54) is 0 Å². The molecule has 0 fully saturated rings. The lowest BCUT2D eigenvalue weighted by Gasteiger charge is -2.14. The number of hydrogen-bond acceptors (Lipinski definition) is 5. The minimum absolute atomic E-state index is 0.274. The quantitative estimate of drug-likeness (QED) is 0.550. The maximum Gasteiger partial charge on any atom is 0.260 e. The topological polar surface area (TPSA) is 81.9 Å². The molecule has 0 radical (unpaired) electrons. The molecule has 1 aromatic carbocycles. The second kappa shape index (κ2) is 9.45. The molecule has 7 nitrogen and oxygen atoms in total. The molecule has 0 aliphatic carbocycles. The number of aryl methyl sites for hydroxylation is 1. The second-order valence-corrected chi connectivity index (χ2v) is 6.82. The summed E-state index contributed by atoms with van der Waals surface area (Å²) in [5.74, 6) is 1.42. The summed E-state index contributed by atoms with van der Waals surface area (Å²) in [6.45, 7) is 5.31. The van der Waals surface area contributed by atoms with Gasteiger partial charge in [-0.3, -0.25) is 4.79 Å². The highest BCUT2D eigenvalue weighted by Gasteiger charge is 2.16. The number of rotatable bonds is 0. The van der Waals surface area contributed by atoms with Crippen molar-refractivity contribution >= 4 is 27.7 Å². The van der Waals surface area contributed by atoms with Crippen LogP contribution in [0.2, 0.25) is 0 Å². The zero-order valence-corrected chi connectivity index (χ0v) is 17.4. The zero-order chi connectivity index (χ0) is 19.9. The number of hydrogen-bond donors (Lipinski definition) is 1. The molecular formula is C20H22BrN5O2. The van der Waals surface area contributed by atoms with Gasteiger partial charge in [0.25, 0.3) is 5.91 Å². The van der Waals surface area contributed by atoms with Crippen LogP contribution in [-0.2, 0) is 6.54 Å². The second-order valence-electron chi connectivity index (χ2n) is 5.91. The maximum absolute atomic E-state index is 12.7. The molecule has 0 unspecified atom stereocenters. The summed E-state index contributed by atoms with van der Waals surface area (Å²) in [6.07, 6.45) is 3.45. The van der Waals surface area contributed by atoms with Crippen LogP contribution in [0, 0.1) is 0 Å². The van der Waals surface area contributed by atoms with Gasteiger partial charge in [-0.2, -0.15) is 0 Å². The van der Waals surface area contributed by atoms with Crippen molar-refractivity contribution in [2.45, 2.75) is 33.2 Å². The predicted molar refractivity (Wildman–Crippen MR) is 111 cm³/mol. The highest BCUT2D eigenvalue weighted by molar-refractivity contribution is 9.10. The Bertz CT molecular complexity index is 957. The SMILES string of the molecule is CC.O=C1Nc2cccc(n2)-c2nncn2CCCCOc2ccc(Br)cc21. The van der Waals surface area contributed by atoms with Gasteiger partial charge in [0.15, 0.2) is 5.82 Å². The lowest BCUT2D eigenvalue weighted by molar-refractivity contribution is 0.102. The van der Waals surface area contributed by atoms with Crippen molar-refractivity contribution in [2.75, 3.05) is 11.9 Å². The van der Waals surface area contributed by atoms with Crippen LogP contribution in [0.15, 0.2) is 47.2 Å². The molecule has 0 saturated carbocycles. The minimum Gasteiger partial charge on any atom is -0.493 e. The molecule has 146 valence electrons. The number of pyridine rings is 1. The Labute approximate surface area is 172 Å². The third kappa shape index (κ3) is 4.56. The summed E-state index contributed by atoms with van der Waals surface area (Å²) in [5.41, 5.74) is 1.13. The summed E-state index contributed by atoms with van der Waals surface area (Å²) in [7, 11) is 0. The molecule has 0 spiro atoms. The fourth-order valence-electron chi connectivity index (χ4n) is 2.80. The standard InChI is InChI=1S/C18H16BrN5O2.C2H6/c19-12-6-7-15-13(10-12)18(25)22-16-5-3-4-14(21-16)17-23-20-11-24(17)8-1-2-9-26-15;1-2/h3-7,10-11H,1-2,8-9H2,(H,21,22,25);1-2H3. The Kier molecular flexibility index (Phi) is 6.76. The first-order valence-electron chi connectivity index (χ1n) is 9.30. The molecule has 28 heavy (non-hydrogen) atoms. The van der Waals surface area contributed by atoms with Crippen LogP contribution in [0.5, 0.6) is 5.75 Å². The van der Waals surface area contributed by atoms with Gasteiger partial charge in [-0.25, -0.2) is 4.98 Å². The van der Waals surface area contributed by atoms with Crippen LogP contribution in [0.4, 0.5) is 5.82 Å². The van der Waals surface area contributed by atoms with Crippen molar-refractivity contribution in [1.82, 2.24) is 19.7 Å². The highest BCUT2D eigenvalue weighted by atomic mass is 79.9. The Morgan fingerprint density at radius 2 is 2.04 bits per heavy atom. The Morgan fingerprint density at radius 3 is 2.89 bits per heavy atom. The van der Waals surface area contributed by atoms with Crippen LogP contribution in [0.25, 0.3) is 11.5 Å². The van der Waals surface area contributed by atoms with Crippen molar-refractivity contribution in [2.24, 2.45) is 0 Å². The van der Waals surface area contributed by atoms with Gasteiger partial charge in [-0.1, -0.05) is 35.8 Å². The molecule has 3 heterocycles. The van der Waals surface area contributed by atoms with Crippen molar-refractivity contribution < 1.29 is 9.53 Å². The molecule has 2 bridgehead atoms. The van der Waals surface area contributed by atoms with Crippen LogP contribution in [0.1, 0.15) is 37.0 Å². The number of ether oxygens (including phenoxy) is 1. The van der Waals surface area contributed by atoms with E-state index in [9.17, 15) is 4.79 Å². The van der Waals surface area contributed by atoms with Gasteiger partial charge in [-0.15, -0.1) is 10.2 Å². The number of amides is 1. The van der Waals surface area contributed by atoms with Crippen molar-refractivity contribution in [3.05, 3.63) is 52.8 Å². The third-order valence-corrected chi connectivity index (χ3v) is 4.57. The molecule has 0 atom stereocenters. The number of nitrogens with one attached hydrogen (secondary N) is 1. The summed E-state index contributed by atoms with van der Waals surface area (Å²) >= 11 is 3.41. The maximum atomic E-state index is 12.7. The van der Waals surface area contributed by atoms with Gasteiger partial charge in [0, 0.05) is 11.0 Å². The van der Waals surface area contributed by atoms with Crippen molar-refractivity contribution in [3.63, 3.8) is 0 Å². The van der Waals surface area contributed by atoms with Crippen LogP contribution >= 0.6 is 15.9 Å². The van der Waals surface area contributed by atoms with Crippen molar-refractivity contribution in [3.8, 4) is 17.3 Å². The molecule has 8 heteroatoms. The lowest BCUT2D eigenvalue weighted by Crippen LogP contribution is -2.16. The Morgan fingerprint density at radius 1 is 1.18 bits per heavy atom. The van der Waals surface area contributed by atoms with Gasteiger partial charge in [0.2, 0.25) is 0 Å². The number of aromatic nitrogens is 4. The van der Waals surface area contributed by atoms with E-state index in [1.807, 2.05) is 36.6 Å². The predicted octanol–water partition coefficient (Wildman–Crippen LogP) is 4.55. The fourth-order valence-corrected chi connectivity index (χ4v) is 3.16. The first kappa shape index (κ1) is 20.0. The number of fused-ring (bicyclic) bond motifs is 5. The normalized spacial score (nSPS) is 13.6. The average Bonchev–Trinajstić information content (AvgIpc) is 3.18. The number of anilines is 1. The van der Waals surface area contributed by atoms with Crippen LogP contribution in [-0.4, -0.2) is 32.3 Å². The van der Waals surface area contributed by atoms with Gasteiger partial charge < -0.3 is 14.6 Å². The van der Waals surface area contributed by atoms with E-state index in [4.69, 9.17) is 4.74 Å². The number of halogens is 1. The van der Waals surface area contributed by atoms with E-state index in [0.717, 1.165) is 23.9 Å². The van der Waals surface area contributed by atoms with E-state index in [2.05, 4.69) is 36.4 Å². The third-order valence-electron chi connectivity index (χ3n) is 4.07. The number of carbonyl (C=O) groups is 1. The Balaban J connectivity index is 0.00000109. The van der Waals surface area contributed by atoms with E-state index in [0.29, 0.717) is 35.3 Å². The van der Waals surface area contributed by atoms with Gasteiger partial charge in [-0.05, 0) is 43.2 Å². The first-order valence-corrected chi connectivity index (χ1v) is 10.1. The number of benzene rings is 1. The molecule has 0 saturated heterocycles. The fraction of sp³-hybridized carbons (Fsp3) is 0.300. The molecule has 3 aromatic rings. The minimum atomic E-state index is -0.274. The van der Waals surface area contributed by atoms with Gasteiger partial charge >= 0.3 is 0 Å². The summed E-state index contributed by atoms with van der Waals surface area (Å²) < 4.78 is 8.61. The average molecular weight is 444 g/mol. The smallest absolute Gasteiger partial charge is 0.260 e. The Hall–Kier alpha value is -2.74. The van der Waals surface area contributed by atoms with Gasteiger partial charge in [0.1, 0.15) is 23.6 Å². The molecule has 1 N–H and O–H groups in total. The van der Waals surface area contributed by atoms with E-state index >= 15 is 0 Å². The molecule has 1 aliphatic heterocycles. The molecular weight excluding hydrogens is 422 g/mol. The molecule has 4 rings (SSSR count). The molecule has 1 amide bonds. The summed E-state index contributed by atoms with van der Waals surface area (Å²) in [6, 6.07) is 10.8. The monoisotopic (exact) mass is 443 g/mol. The highest BCUT2D eigenvalue weighted by Crippen LogP contribution is 2.25. The largest absolute Gasteiger partial charge is 0.493 e. The van der Waals surface area contributed by atoms with E-state index in [-0.39, 0.29) is 5.91 Å². The van der Waals surface area contributed by atoms with Crippen molar-refractivity contribution in [1.29, 1.82) is 0 Å². The van der Waals surface area contributed by atoms with Gasteiger partial charge in [0.05, 0.1) is 12.2 Å². The van der Waals surface area contributed by atoms with Crippen LogP contribution < -0.4 is 10.1 Å². The number of nitrogens with zero attached hydrogens (tertiary/aromatic N) is 4. The zero-order valence-electron chi connectivity index (χ0n) is 15.9. The molecule has 2 aromatic heterocycles. The van der Waals surface area contributed by atoms with Crippen LogP contribution in [0.3, 0.4) is 0 Å². The van der Waals surface area contributed by atoms with E-state index < -0.39 is 0 Å². The summed E-state index contributed by atoms with van der Waals surface area (Å²) in [5, 5.41) is 11.0.